The number of unbranched alkanes of at least 4 members (excludes halogenated alkanes) is 1. The van der Waals surface area contributed by atoms with Gasteiger partial charge in [0.25, 0.3) is 0 Å². The minimum Gasteiger partial charge on any atom is -0.0795 e. The summed E-state index contributed by atoms with van der Waals surface area (Å²) >= 11 is 0. The monoisotopic (exact) mass is 318 g/mol. The lowest BCUT2D eigenvalue weighted by molar-refractivity contribution is 0.795. The average Bonchev–Trinajstić information content (AvgIpc) is 2.89. The first kappa shape index (κ1) is 16.0. The van der Waals surface area contributed by atoms with E-state index in [1.807, 2.05) is 0 Å². The Morgan fingerprint density at radius 1 is 0.913 bits per heavy atom. The normalized spacial score (nSPS) is 14.9. The smallest absolute Gasteiger partial charge is 0.0345 e. The molecule has 0 amide bonds. The molecule has 0 atom stereocenters. The summed E-state index contributed by atoms with van der Waals surface area (Å²) < 4.78 is 0. The second-order valence-electron chi connectivity index (χ2n) is 6.60. The highest BCUT2D eigenvalue weighted by molar-refractivity contribution is 6.29. The molecule has 0 saturated carbocycles. The molecule has 118 valence electrons. The Bertz CT molecular complexity index is 733. The fourth-order valence-corrected chi connectivity index (χ4v) is 4.61. The van der Waals surface area contributed by atoms with Gasteiger partial charge in [0, 0.05) is 10.2 Å². The molecule has 2 aromatic carbocycles. The third-order valence-electron chi connectivity index (χ3n) is 4.88. The predicted octanol–water partition coefficient (Wildman–Crippen LogP) is 4.98. The van der Waals surface area contributed by atoms with Crippen LogP contribution in [0.15, 0.2) is 65.4 Å². The van der Waals surface area contributed by atoms with Gasteiger partial charge in [-0.2, -0.15) is 0 Å². The summed E-state index contributed by atoms with van der Waals surface area (Å²) in [5, 5.41) is 1.62. The Kier molecular flexibility index (Phi) is 4.97. The molecule has 0 fully saturated rings. The molecule has 3 rings (SSSR count). The van der Waals surface area contributed by atoms with Crippen molar-refractivity contribution in [2.24, 2.45) is 0 Å². The Morgan fingerprint density at radius 3 is 2.26 bits per heavy atom. The zero-order chi connectivity index (χ0) is 16.2. The highest BCUT2D eigenvalue weighted by atomic mass is 28.1. The van der Waals surface area contributed by atoms with Crippen LogP contribution < -0.4 is 0 Å². The van der Waals surface area contributed by atoms with Gasteiger partial charge in [-0.05, 0) is 59.6 Å². The second kappa shape index (κ2) is 7.14. The van der Waals surface area contributed by atoms with Gasteiger partial charge in [-0.25, -0.2) is 0 Å². The van der Waals surface area contributed by atoms with Crippen LogP contribution in [-0.4, -0.2) is 10.2 Å². The molecule has 0 unspecified atom stereocenters. The molecular weight excluding hydrogens is 292 g/mol. The van der Waals surface area contributed by atoms with E-state index in [4.69, 9.17) is 0 Å². The highest BCUT2D eigenvalue weighted by Gasteiger charge is 2.20. The topological polar surface area (TPSA) is 0 Å². The number of aryl methyl sites for hydroxylation is 1. The number of hydrogen-bond acceptors (Lipinski definition) is 0. The van der Waals surface area contributed by atoms with Crippen molar-refractivity contribution in [3.63, 3.8) is 0 Å². The summed E-state index contributed by atoms with van der Waals surface area (Å²) in [6.07, 6.45) is 4.89. The van der Waals surface area contributed by atoms with Crippen molar-refractivity contribution in [3.05, 3.63) is 82.1 Å². The van der Waals surface area contributed by atoms with Crippen LogP contribution in [-0.2, 0) is 6.42 Å². The van der Waals surface area contributed by atoms with Gasteiger partial charge in [0.2, 0.25) is 0 Å². The maximum Gasteiger partial charge on any atom is 0.0345 e. The third-order valence-corrected chi connectivity index (χ3v) is 5.73. The lowest BCUT2D eigenvalue weighted by Crippen LogP contribution is -1.89. The van der Waals surface area contributed by atoms with E-state index in [1.165, 1.54) is 52.7 Å². The van der Waals surface area contributed by atoms with Crippen LogP contribution in [0.2, 0.25) is 0 Å². The largest absolute Gasteiger partial charge is 0.0795 e. The van der Waals surface area contributed by atoms with Crippen LogP contribution in [0, 0.1) is 0 Å². The molecule has 0 aromatic heterocycles. The molecule has 23 heavy (non-hydrogen) atoms. The maximum absolute atomic E-state index is 2.33. The third kappa shape index (κ3) is 3.40. The van der Waals surface area contributed by atoms with E-state index in [9.17, 15) is 0 Å². The van der Waals surface area contributed by atoms with Gasteiger partial charge >= 0.3 is 0 Å². The van der Waals surface area contributed by atoms with Crippen LogP contribution in [0.1, 0.15) is 49.8 Å². The molecular formula is C22H26Si. The lowest BCUT2D eigenvalue weighted by atomic mass is 9.96. The number of hydrogen-bond donors (Lipinski definition) is 0. The van der Waals surface area contributed by atoms with E-state index >= 15 is 0 Å². The van der Waals surface area contributed by atoms with E-state index in [2.05, 4.69) is 68.4 Å². The molecule has 0 radical (unpaired) electrons. The number of rotatable bonds is 5. The van der Waals surface area contributed by atoms with Crippen molar-refractivity contribution in [3.8, 4) is 0 Å². The van der Waals surface area contributed by atoms with E-state index in [0.717, 1.165) is 16.7 Å². The first-order chi connectivity index (χ1) is 11.2. The molecule has 0 bridgehead atoms. The van der Waals surface area contributed by atoms with Crippen LogP contribution in [0.3, 0.4) is 0 Å². The van der Waals surface area contributed by atoms with Gasteiger partial charge < -0.3 is 0 Å². The molecule has 0 saturated heterocycles. The van der Waals surface area contributed by atoms with Gasteiger partial charge in [-0.15, -0.1) is 0 Å². The zero-order valence-corrected chi connectivity index (χ0v) is 16.5. The summed E-state index contributed by atoms with van der Waals surface area (Å²) in [6.45, 7) is 4.55. The van der Waals surface area contributed by atoms with Crippen LogP contribution >= 0.6 is 0 Å². The minimum atomic E-state index is 1.14. The highest BCUT2D eigenvalue weighted by Crippen LogP contribution is 2.41. The van der Waals surface area contributed by atoms with E-state index in [1.54, 1.807) is 5.20 Å². The van der Waals surface area contributed by atoms with Crippen molar-refractivity contribution >= 4 is 21.4 Å². The Labute approximate surface area is 143 Å². The second-order valence-corrected chi connectivity index (χ2v) is 7.81. The molecule has 2 aromatic rings. The van der Waals surface area contributed by atoms with Gasteiger partial charge in [0.05, 0.1) is 0 Å². The average molecular weight is 319 g/mol. The predicted molar refractivity (Wildman–Crippen MR) is 106 cm³/mol. The van der Waals surface area contributed by atoms with Crippen molar-refractivity contribution in [1.29, 1.82) is 0 Å². The summed E-state index contributed by atoms with van der Waals surface area (Å²) in [6, 6.07) is 20.2. The van der Waals surface area contributed by atoms with Gasteiger partial charge in [-0.1, -0.05) is 73.1 Å². The summed E-state index contributed by atoms with van der Waals surface area (Å²) in [4.78, 5) is 0. The molecule has 1 heteroatoms. The lowest BCUT2D eigenvalue weighted by Gasteiger charge is -2.09. The van der Waals surface area contributed by atoms with Gasteiger partial charge in [-0.3, -0.25) is 0 Å². The van der Waals surface area contributed by atoms with Gasteiger partial charge in [0.15, 0.2) is 0 Å². The Morgan fingerprint density at radius 2 is 1.61 bits per heavy atom. The molecule has 0 aliphatic heterocycles. The summed E-state index contributed by atoms with van der Waals surface area (Å²) in [5.74, 6) is 0. The number of allylic oxidation sites excluding steroid dienone is 4. The fourth-order valence-electron chi connectivity index (χ4n) is 3.60. The first-order valence-electron chi connectivity index (χ1n) is 8.75. The van der Waals surface area contributed by atoms with Gasteiger partial charge in [0.1, 0.15) is 0 Å². The molecule has 0 heterocycles. The quantitative estimate of drug-likeness (QED) is 0.682. The van der Waals surface area contributed by atoms with Crippen molar-refractivity contribution in [2.75, 3.05) is 0 Å². The van der Waals surface area contributed by atoms with Crippen LogP contribution in [0.5, 0.6) is 0 Å². The zero-order valence-electron chi connectivity index (χ0n) is 14.5. The molecule has 0 N–H and O–H groups in total. The Balaban J connectivity index is 1.88. The standard InChI is InChI=1S/C22H26Si/c1-3-4-8-17-11-13-18(14-12-17)20-15-21(23)22(16(20)2)19-9-6-5-7-10-19/h5-7,9-14H,3-4,8,15H2,1-2,23H3. The minimum absolute atomic E-state index is 1.14. The fraction of sp³-hybridized carbons (Fsp3) is 0.273. The van der Waals surface area contributed by atoms with Crippen molar-refractivity contribution in [1.82, 2.24) is 0 Å². The van der Waals surface area contributed by atoms with Crippen LogP contribution in [0.25, 0.3) is 11.1 Å². The number of benzene rings is 2. The maximum atomic E-state index is 2.33. The van der Waals surface area contributed by atoms with E-state index in [-0.39, 0.29) is 0 Å². The first-order valence-corrected chi connectivity index (χ1v) is 9.75. The van der Waals surface area contributed by atoms with E-state index in [0.29, 0.717) is 0 Å². The molecule has 1 aliphatic carbocycles. The summed E-state index contributed by atoms with van der Waals surface area (Å²) in [5.41, 5.74) is 8.75. The van der Waals surface area contributed by atoms with Crippen LogP contribution in [0.4, 0.5) is 0 Å². The van der Waals surface area contributed by atoms with E-state index < -0.39 is 0 Å². The Hall–Kier alpha value is -1.86. The molecule has 1 aliphatic rings. The molecule has 0 nitrogen and oxygen atoms in total. The summed E-state index contributed by atoms with van der Waals surface area (Å²) in [7, 11) is 1.14. The van der Waals surface area contributed by atoms with Crippen molar-refractivity contribution in [2.45, 2.75) is 39.5 Å². The van der Waals surface area contributed by atoms with Crippen molar-refractivity contribution < 1.29 is 0 Å². The molecule has 0 spiro atoms. The SMILES string of the molecule is CCCCc1ccc(C2=C(C)C(c3ccccc3)=C([SiH3])C2)cc1.